The first kappa shape index (κ1) is 19.8. The molecule has 0 unspecified atom stereocenters. The van der Waals surface area contributed by atoms with Crippen molar-refractivity contribution >= 4 is 17.8 Å². The molecule has 7 nitrogen and oxygen atoms in total. The van der Waals surface area contributed by atoms with E-state index in [0.29, 0.717) is 6.61 Å². The predicted octanol–water partition coefficient (Wildman–Crippen LogP) is 4.25. The van der Waals surface area contributed by atoms with Crippen molar-refractivity contribution in [1.82, 2.24) is 5.43 Å². The van der Waals surface area contributed by atoms with Crippen LogP contribution < -0.4 is 10.2 Å². The van der Waals surface area contributed by atoms with Crippen LogP contribution in [0.2, 0.25) is 0 Å². The van der Waals surface area contributed by atoms with Gasteiger partial charge in [0, 0.05) is 17.7 Å². The van der Waals surface area contributed by atoms with Crippen LogP contribution >= 0.6 is 0 Å². The van der Waals surface area contributed by atoms with Crippen LogP contribution in [0.25, 0.3) is 0 Å². The molecule has 3 aromatic rings. The third kappa shape index (κ3) is 5.74. The fourth-order valence-corrected chi connectivity index (χ4v) is 2.49. The molecular formula is C22H19N3O4. The highest BCUT2D eigenvalue weighted by molar-refractivity contribution is 5.95. The highest BCUT2D eigenvalue weighted by Gasteiger charge is 2.10. The van der Waals surface area contributed by atoms with Gasteiger partial charge in [-0.2, -0.15) is 5.10 Å². The Hall–Kier alpha value is -4.00. The summed E-state index contributed by atoms with van der Waals surface area (Å²) in [5, 5.41) is 14.7. The van der Waals surface area contributed by atoms with Gasteiger partial charge in [0.1, 0.15) is 12.4 Å². The predicted molar refractivity (Wildman–Crippen MR) is 110 cm³/mol. The summed E-state index contributed by atoms with van der Waals surface area (Å²) in [4.78, 5) is 22.3. The van der Waals surface area contributed by atoms with Gasteiger partial charge in [0.15, 0.2) is 0 Å². The number of ether oxygens (including phenoxy) is 1. The van der Waals surface area contributed by atoms with E-state index in [9.17, 15) is 14.9 Å². The van der Waals surface area contributed by atoms with Crippen LogP contribution in [0.3, 0.4) is 0 Å². The number of hydrazone groups is 1. The summed E-state index contributed by atoms with van der Waals surface area (Å²) >= 11 is 0. The second-order valence-electron chi connectivity index (χ2n) is 6.35. The number of amides is 1. The highest BCUT2D eigenvalue weighted by Crippen LogP contribution is 2.15. The zero-order valence-corrected chi connectivity index (χ0v) is 15.7. The van der Waals surface area contributed by atoms with Crippen molar-refractivity contribution in [3.8, 4) is 5.75 Å². The molecule has 0 spiro atoms. The molecule has 3 rings (SSSR count). The van der Waals surface area contributed by atoms with Gasteiger partial charge in [-0.05, 0) is 48.4 Å². The molecule has 0 saturated heterocycles. The van der Waals surface area contributed by atoms with Crippen molar-refractivity contribution in [3.05, 3.63) is 105 Å². The molecule has 0 bridgehead atoms. The monoisotopic (exact) mass is 389 g/mol. The molecule has 29 heavy (non-hydrogen) atoms. The van der Waals surface area contributed by atoms with E-state index in [1.54, 1.807) is 0 Å². The van der Waals surface area contributed by atoms with Gasteiger partial charge in [0.05, 0.1) is 11.1 Å². The van der Waals surface area contributed by atoms with E-state index in [2.05, 4.69) is 10.5 Å². The van der Waals surface area contributed by atoms with E-state index in [1.807, 2.05) is 55.5 Å². The maximum Gasteiger partial charge on any atom is 0.271 e. The first-order chi connectivity index (χ1) is 14.0. The smallest absolute Gasteiger partial charge is 0.271 e. The number of benzene rings is 3. The normalized spacial score (nSPS) is 10.7. The molecule has 0 aliphatic carbocycles. The minimum absolute atomic E-state index is 0.150. The molecule has 1 amide bonds. The van der Waals surface area contributed by atoms with E-state index in [1.165, 1.54) is 36.0 Å². The topological polar surface area (TPSA) is 93.8 Å². The molecule has 0 aromatic heterocycles. The van der Waals surface area contributed by atoms with E-state index >= 15 is 0 Å². The molecule has 0 heterocycles. The average Bonchev–Trinajstić information content (AvgIpc) is 2.74. The number of nitro benzene ring substituents is 1. The molecule has 0 aliphatic rings. The van der Waals surface area contributed by atoms with Crippen LogP contribution in [-0.4, -0.2) is 17.0 Å². The standard InChI is InChI=1S/C22H19N3O4/c1-16-5-7-18(8-6-16)15-29-21-11-9-17(10-12-21)14-23-24-22(26)19-3-2-4-20(13-19)25(27)28/h2-14H,15H2,1H3,(H,24,26)/b23-14-. The van der Waals surface area contributed by atoms with E-state index < -0.39 is 10.8 Å². The lowest BCUT2D eigenvalue weighted by molar-refractivity contribution is -0.384. The molecule has 1 N–H and O–H groups in total. The van der Waals surface area contributed by atoms with Gasteiger partial charge in [-0.3, -0.25) is 14.9 Å². The van der Waals surface area contributed by atoms with Gasteiger partial charge >= 0.3 is 0 Å². The number of hydrogen-bond acceptors (Lipinski definition) is 5. The fourth-order valence-electron chi connectivity index (χ4n) is 2.49. The molecule has 3 aromatic carbocycles. The number of nitro groups is 1. The fraction of sp³-hybridized carbons (Fsp3) is 0.0909. The van der Waals surface area contributed by atoms with E-state index in [-0.39, 0.29) is 11.3 Å². The van der Waals surface area contributed by atoms with Crippen LogP contribution in [0, 0.1) is 17.0 Å². The molecule has 7 heteroatoms. The Bertz CT molecular complexity index is 1030. The second kappa shape index (κ2) is 9.27. The lowest BCUT2D eigenvalue weighted by Crippen LogP contribution is -2.17. The van der Waals surface area contributed by atoms with Crippen LogP contribution in [0.5, 0.6) is 5.75 Å². The lowest BCUT2D eigenvalue weighted by atomic mass is 10.2. The van der Waals surface area contributed by atoms with Crippen molar-refractivity contribution in [2.75, 3.05) is 0 Å². The molecule has 0 aliphatic heterocycles. The van der Waals surface area contributed by atoms with Crippen molar-refractivity contribution in [1.29, 1.82) is 0 Å². The van der Waals surface area contributed by atoms with Crippen LogP contribution in [-0.2, 0) is 6.61 Å². The average molecular weight is 389 g/mol. The summed E-state index contributed by atoms with van der Waals surface area (Å²) in [6.45, 7) is 2.52. The van der Waals surface area contributed by atoms with Crippen molar-refractivity contribution < 1.29 is 14.5 Å². The highest BCUT2D eigenvalue weighted by atomic mass is 16.6. The first-order valence-corrected chi connectivity index (χ1v) is 8.87. The molecular weight excluding hydrogens is 370 g/mol. The van der Waals surface area contributed by atoms with E-state index in [4.69, 9.17) is 4.74 Å². The van der Waals surface area contributed by atoms with Crippen LogP contribution in [0.1, 0.15) is 27.0 Å². The number of non-ortho nitro benzene ring substituents is 1. The van der Waals surface area contributed by atoms with Gasteiger partial charge in [-0.1, -0.05) is 35.9 Å². The summed E-state index contributed by atoms with van der Waals surface area (Å²) in [5.74, 6) is 0.200. The number of carbonyl (C=O) groups excluding carboxylic acids is 1. The Morgan fingerprint density at radius 3 is 2.52 bits per heavy atom. The number of hydrogen-bond donors (Lipinski definition) is 1. The van der Waals surface area contributed by atoms with Gasteiger partial charge in [0.25, 0.3) is 11.6 Å². The lowest BCUT2D eigenvalue weighted by Gasteiger charge is -2.06. The Labute approximate surface area is 167 Å². The third-order valence-electron chi connectivity index (χ3n) is 4.11. The Kier molecular flexibility index (Phi) is 6.32. The van der Waals surface area contributed by atoms with Gasteiger partial charge in [-0.25, -0.2) is 5.43 Å². The number of nitrogens with one attached hydrogen (secondary N) is 1. The SMILES string of the molecule is Cc1ccc(COc2ccc(/C=N\NC(=O)c3cccc([N+](=O)[O-])c3)cc2)cc1. The van der Waals surface area contributed by atoms with Crippen LogP contribution in [0.15, 0.2) is 77.9 Å². The number of aryl methyl sites for hydroxylation is 1. The molecule has 146 valence electrons. The van der Waals surface area contributed by atoms with Gasteiger partial charge in [-0.15, -0.1) is 0 Å². The zero-order valence-electron chi connectivity index (χ0n) is 15.7. The zero-order chi connectivity index (χ0) is 20.6. The summed E-state index contributed by atoms with van der Waals surface area (Å²) in [7, 11) is 0. The summed E-state index contributed by atoms with van der Waals surface area (Å²) in [6.07, 6.45) is 1.49. The minimum Gasteiger partial charge on any atom is -0.489 e. The maximum absolute atomic E-state index is 12.0. The van der Waals surface area contributed by atoms with Gasteiger partial charge < -0.3 is 4.74 Å². The Balaban J connectivity index is 1.53. The Morgan fingerprint density at radius 2 is 1.83 bits per heavy atom. The number of rotatable bonds is 7. The first-order valence-electron chi connectivity index (χ1n) is 8.87. The molecule has 0 saturated carbocycles. The quantitative estimate of drug-likeness (QED) is 0.371. The molecule has 0 atom stereocenters. The van der Waals surface area contributed by atoms with Crippen molar-refractivity contribution in [2.24, 2.45) is 5.10 Å². The Morgan fingerprint density at radius 1 is 1.10 bits per heavy atom. The van der Waals surface area contributed by atoms with E-state index in [0.717, 1.165) is 16.9 Å². The van der Waals surface area contributed by atoms with Gasteiger partial charge in [0.2, 0.25) is 0 Å². The maximum atomic E-state index is 12.0. The minimum atomic E-state index is -0.553. The summed E-state index contributed by atoms with van der Waals surface area (Å²) in [5.41, 5.74) is 5.43. The van der Waals surface area contributed by atoms with Crippen molar-refractivity contribution in [3.63, 3.8) is 0 Å². The third-order valence-corrected chi connectivity index (χ3v) is 4.11. The largest absolute Gasteiger partial charge is 0.489 e. The van der Waals surface area contributed by atoms with Crippen molar-refractivity contribution in [2.45, 2.75) is 13.5 Å². The molecule has 0 radical (unpaired) electrons. The number of carbonyl (C=O) groups is 1. The second-order valence-corrected chi connectivity index (χ2v) is 6.35. The van der Waals surface area contributed by atoms with Crippen LogP contribution in [0.4, 0.5) is 5.69 Å². The molecule has 0 fully saturated rings. The number of nitrogens with zero attached hydrogens (tertiary/aromatic N) is 2. The summed E-state index contributed by atoms with van der Waals surface area (Å²) in [6, 6.07) is 20.9. The summed E-state index contributed by atoms with van der Waals surface area (Å²) < 4.78 is 5.75.